The van der Waals surface area contributed by atoms with E-state index in [1.54, 1.807) is 24.0 Å². The molecule has 0 amide bonds. The number of hydrogen-bond donors (Lipinski definition) is 1. The fourth-order valence-electron chi connectivity index (χ4n) is 3.58. The van der Waals surface area contributed by atoms with Crippen LogP contribution in [0, 0.1) is 6.92 Å². The maximum Gasteiger partial charge on any atom is 0.268 e. The second kappa shape index (κ2) is 6.80. The molecule has 150 valence electrons. The highest BCUT2D eigenvalue weighted by Crippen LogP contribution is 2.29. The summed E-state index contributed by atoms with van der Waals surface area (Å²) in [5, 5.41) is 12.1. The molecule has 0 aliphatic carbocycles. The lowest BCUT2D eigenvalue weighted by Gasteiger charge is -2.05. The maximum absolute atomic E-state index is 13.1. The number of rotatable bonds is 4. The quantitative estimate of drug-likeness (QED) is 0.497. The van der Waals surface area contributed by atoms with E-state index < -0.39 is 0 Å². The van der Waals surface area contributed by atoms with Gasteiger partial charge < -0.3 is 4.74 Å². The van der Waals surface area contributed by atoms with Gasteiger partial charge in [-0.25, -0.2) is 14.1 Å². The molecule has 0 aliphatic heterocycles. The number of nitrogens with zero attached hydrogens (tertiary/aromatic N) is 6. The highest BCUT2D eigenvalue weighted by atomic mass is 16.5. The van der Waals surface area contributed by atoms with Gasteiger partial charge in [-0.3, -0.25) is 9.89 Å². The molecule has 9 heteroatoms. The molecule has 1 N–H and O–H groups in total. The molecule has 5 aromatic rings. The van der Waals surface area contributed by atoms with Gasteiger partial charge in [-0.15, -0.1) is 5.10 Å². The number of hydrogen-bond acceptors (Lipinski definition) is 6. The molecule has 1 aromatic carbocycles. The number of methoxy groups -OCH3 is 1. The summed E-state index contributed by atoms with van der Waals surface area (Å²) < 4.78 is 8.37. The predicted octanol–water partition coefficient (Wildman–Crippen LogP) is 2.70. The number of fused-ring (bicyclic) bond motifs is 3. The minimum atomic E-state index is -0.247. The van der Waals surface area contributed by atoms with E-state index in [2.05, 4.69) is 25.3 Å². The molecule has 0 saturated heterocycles. The topological polar surface area (TPSA) is 103 Å². The zero-order chi connectivity index (χ0) is 20.8. The summed E-state index contributed by atoms with van der Waals surface area (Å²) in [5.41, 5.74) is 3.85. The zero-order valence-corrected chi connectivity index (χ0v) is 16.7. The van der Waals surface area contributed by atoms with Crippen molar-refractivity contribution < 1.29 is 4.74 Å². The van der Waals surface area contributed by atoms with Crippen molar-refractivity contribution in [1.29, 1.82) is 0 Å². The largest absolute Gasteiger partial charge is 0.497 e. The monoisotopic (exact) mass is 401 g/mol. The number of aromatic nitrogens is 7. The number of ether oxygens (including phenoxy) is 1. The van der Waals surface area contributed by atoms with E-state index in [1.165, 1.54) is 4.57 Å². The molecule has 0 fully saturated rings. The first-order valence-corrected chi connectivity index (χ1v) is 9.56. The number of aryl methyl sites for hydroxylation is 2. The maximum atomic E-state index is 13.1. The number of pyridine rings is 1. The average molecular weight is 401 g/mol. The first-order valence-electron chi connectivity index (χ1n) is 9.56. The van der Waals surface area contributed by atoms with Gasteiger partial charge in [0.2, 0.25) is 0 Å². The number of nitrogens with one attached hydrogen (secondary N) is 1. The summed E-state index contributed by atoms with van der Waals surface area (Å²) in [6.07, 6.45) is 3.96. The van der Waals surface area contributed by atoms with Crippen LogP contribution in [-0.4, -0.2) is 41.5 Å². The van der Waals surface area contributed by atoms with E-state index in [0.29, 0.717) is 28.9 Å². The highest BCUT2D eigenvalue weighted by molar-refractivity contribution is 5.86. The standard InChI is InChI=1S/C21H19N7O2/c1-4-17-23-21(25-24-17)27-10-9-16-15(20(27)29)11-22-19-18(12(2)26-28(16)19)13-5-7-14(30-3)8-6-13/h5-11H,4H2,1-3H3,(H,23,24,25). The lowest BCUT2D eigenvalue weighted by atomic mass is 10.1. The fourth-order valence-corrected chi connectivity index (χ4v) is 3.58. The van der Waals surface area contributed by atoms with Crippen LogP contribution in [0.25, 0.3) is 33.6 Å². The second-order valence-corrected chi connectivity index (χ2v) is 6.91. The molecule has 0 bridgehead atoms. The molecule has 0 spiro atoms. The SMILES string of the molecule is CCc1nc(-n2ccc3c(cnc4c(-c5ccc(OC)cc5)c(C)nn43)c2=O)n[nH]1. The third-order valence-electron chi connectivity index (χ3n) is 5.14. The van der Waals surface area contributed by atoms with E-state index in [1.807, 2.05) is 44.2 Å². The molecular weight excluding hydrogens is 382 g/mol. The summed E-state index contributed by atoms with van der Waals surface area (Å²) in [7, 11) is 1.64. The van der Waals surface area contributed by atoms with Crippen molar-refractivity contribution in [2.24, 2.45) is 0 Å². The van der Waals surface area contributed by atoms with Crippen molar-refractivity contribution in [3.63, 3.8) is 0 Å². The summed E-state index contributed by atoms with van der Waals surface area (Å²) in [6.45, 7) is 3.90. The van der Waals surface area contributed by atoms with Crippen molar-refractivity contribution in [3.05, 3.63) is 64.6 Å². The highest BCUT2D eigenvalue weighted by Gasteiger charge is 2.17. The van der Waals surface area contributed by atoms with Gasteiger partial charge in [-0.05, 0) is 30.7 Å². The summed E-state index contributed by atoms with van der Waals surface area (Å²) >= 11 is 0. The summed E-state index contributed by atoms with van der Waals surface area (Å²) in [5.74, 6) is 1.82. The van der Waals surface area contributed by atoms with Gasteiger partial charge in [0.1, 0.15) is 11.6 Å². The van der Waals surface area contributed by atoms with Gasteiger partial charge in [0.15, 0.2) is 5.65 Å². The third-order valence-corrected chi connectivity index (χ3v) is 5.14. The molecule has 0 radical (unpaired) electrons. The van der Waals surface area contributed by atoms with E-state index in [4.69, 9.17) is 4.74 Å². The molecule has 0 aliphatic rings. The molecule has 30 heavy (non-hydrogen) atoms. The molecular formula is C21H19N7O2. The van der Waals surface area contributed by atoms with E-state index in [9.17, 15) is 4.79 Å². The molecule has 4 aromatic heterocycles. The van der Waals surface area contributed by atoms with Crippen molar-refractivity contribution in [3.8, 4) is 22.8 Å². The minimum Gasteiger partial charge on any atom is -0.497 e. The Labute approximate surface area is 171 Å². The minimum absolute atomic E-state index is 0.247. The smallest absolute Gasteiger partial charge is 0.268 e. The normalized spacial score (nSPS) is 11.4. The van der Waals surface area contributed by atoms with E-state index >= 15 is 0 Å². The average Bonchev–Trinajstić information content (AvgIpc) is 3.38. The molecule has 5 rings (SSSR count). The van der Waals surface area contributed by atoms with Crippen LogP contribution in [-0.2, 0) is 6.42 Å². The van der Waals surface area contributed by atoms with Crippen LogP contribution < -0.4 is 10.3 Å². The van der Waals surface area contributed by atoms with Gasteiger partial charge in [-0.1, -0.05) is 19.1 Å². The van der Waals surface area contributed by atoms with Gasteiger partial charge in [0, 0.05) is 24.4 Å². The summed E-state index contributed by atoms with van der Waals surface area (Å²) in [6, 6.07) is 9.58. The Hall–Kier alpha value is -4.01. The Bertz CT molecular complexity index is 1440. The van der Waals surface area contributed by atoms with E-state index in [0.717, 1.165) is 28.4 Å². The Morgan fingerprint density at radius 2 is 1.97 bits per heavy atom. The van der Waals surface area contributed by atoms with Crippen LogP contribution in [0.2, 0.25) is 0 Å². The molecule has 9 nitrogen and oxygen atoms in total. The van der Waals surface area contributed by atoms with Crippen molar-refractivity contribution >= 4 is 16.6 Å². The van der Waals surface area contributed by atoms with Crippen LogP contribution in [0.5, 0.6) is 5.75 Å². The summed E-state index contributed by atoms with van der Waals surface area (Å²) in [4.78, 5) is 22.0. The van der Waals surface area contributed by atoms with Crippen molar-refractivity contribution in [2.45, 2.75) is 20.3 Å². The van der Waals surface area contributed by atoms with Crippen molar-refractivity contribution in [1.82, 2.24) is 34.3 Å². The first-order chi connectivity index (χ1) is 14.6. The Morgan fingerprint density at radius 1 is 1.17 bits per heavy atom. The molecule has 0 unspecified atom stereocenters. The van der Waals surface area contributed by atoms with E-state index in [-0.39, 0.29) is 5.56 Å². The van der Waals surface area contributed by atoms with Crippen LogP contribution in [0.1, 0.15) is 18.4 Å². The number of aromatic amines is 1. The van der Waals surface area contributed by atoms with Crippen LogP contribution in [0.4, 0.5) is 0 Å². The van der Waals surface area contributed by atoms with Gasteiger partial charge in [0.25, 0.3) is 11.5 Å². The van der Waals surface area contributed by atoms with Crippen LogP contribution in [0.15, 0.2) is 47.5 Å². The zero-order valence-electron chi connectivity index (χ0n) is 16.7. The first kappa shape index (κ1) is 18.0. The fraction of sp³-hybridized carbons (Fsp3) is 0.190. The lowest BCUT2D eigenvalue weighted by molar-refractivity contribution is 0.415. The second-order valence-electron chi connectivity index (χ2n) is 6.91. The van der Waals surface area contributed by atoms with Gasteiger partial charge in [0.05, 0.1) is 23.7 Å². The molecule has 0 atom stereocenters. The van der Waals surface area contributed by atoms with Crippen LogP contribution >= 0.6 is 0 Å². The Balaban J connectivity index is 1.70. The van der Waals surface area contributed by atoms with Crippen molar-refractivity contribution in [2.75, 3.05) is 7.11 Å². The molecule has 0 saturated carbocycles. The lowest BCUT2D eigenvalue weighted by Crippen LogP contribution is -2.20. The van der Waals surface area contributed by atoms with Gasteiger partial charge >= 0.3 is 0 Å². The Morgan fingerprint density at radius 3 is 2.67 bits per heavy atom. The predicted molar refractivity (Wildman–Crippen MR) is 112 cm³/mol. The molecule has 4 heterocycles. The number of H-pyrrole nitrogens is 1. The Kier molecular flexibility index (Phi) is 4.09. The van der Waals surface area contributed by atoms with Crippen LogP contribution in [0.3, 0.4) is 0 Å². The number of benzene rings is 1. The third kappa shape index (κ3) is 2.66. The van der Waals surface area contributed by atoms with Gasteiger partial charge in [-0.2, -0.15) is 10.1 Å².